The molecule has 0 saturated heterocycles. The summed E-state index contributed by atoms with van der Waals surface area (Å²) in [5.41, 5.74) is -3.43. The van der Waals surface area contributed by atoms with Crippen molar-refractivity contribution >= 4 is 29.1 Å². The van der Waals surface area contributed by atoms with Crippen LogP contribution in [-0.4, -0.2) is 49.5 Å². The van der Waals surface area contributed by atoms with Crippen molar-refractivity contribution in [1.82, 2.24) is 20.0 Å². The van der Waals surface area contributed by atoms with Crippen molar-refractivity contribution in [2.45, 2.75) is 43.9 Å². The number of alkyl halides is 3. The molecule has 1 spiro atoms. The Hall–Kier alpha value is -4.10. The van der Waals surface area contributed by atoms with E-state index in [0.29, 0.717) is 38.1 Å². The second kappa shape index (κ2) is 11.0. The van der Waals surface area contributed by atoms with Crippen LogP contribution in [0.2, 0.25) is 5.02 Å². The fourth-order valence-electron chi connectivity index (χ4n) is 5.40. The van der Waals surface area contributed by atoms with Crippen LogP contribution < -0.4 is 5.32 Å². The SMILES string of the molecule is CN1N(Cc2cccc(F)c2F)C(=O)C(C(=O)Nc2ccc(Cl)cc2-c2cc(C(F)(F)F)ncn2)=C(O)C12CCCC2. The molecule has 0 bridgehead atoms. The zero-order chi connectivity index (χ0) is 30.4. The number of aliphatic hydroxyl groups is 1. The maximum atomic E-state index is 14.6. The molecule has 2 N–H and O–H groups in total. The van der Waals surface area contributed by atoms with Crippen molar-refractivity contribution in [3.05, 3.63) is 88.0 Å². The van der Waals surface area contributed by atoms with Crippen molar-refractivity contribution in [3.63, 3.8) is 0 Å². The Morgan fingerprint density at radius 1 is 1.12 bits per heavy atom. The van der Waals surface area contributed by atoms with Gasteiger partial charge < -0.3 is 10.4 Å². The second-order valence-electron chi connectivity index (χ2n) is 9.99. The van der Waals surface area contributed by atoms with Crippen molar-refractivity contribution < 1.29 is 36.6 Å². The van der Waals surface area contributed by atoms with Gasteiger partial charge in [-0.2, -0.15) is 13.2 Å². The number of hydrazine groups is 1. The molecular weight excluding hydrogens is 585 g/mol. The Kier molecular flexibility index (Phi) is 7.66. The van der Waals surface area contributed by atoms with Gasteiger partial charge in [0.15, 0.2) is 11.6 Å². The topological polar surface area (TPSA) is 98.7 Å². The molecule has 3 aromatic rings. The highest BCUT2D eigenvalue weighted by Crippen LogP contribution is 2.45. The van der Waals surface area contributed by atoms with Crippen LogP contribution in [0.1, 0.15) is 36.9 Å². The van der Waals surface area contributed by atoms with Crippen LogP contribution in [0.25, 0.3) is 11.3 Å². The van der Waals surface area contributed by atoms with Gasteiger partial charge in [-0.1, -0.05) is 36.6 Å². The lowest BCUT2D eigenvalue weighted by Crippen LogP contribution is -2.62. The minimum atomic E-state index is -4.77. The van der Waals surface area contributed by atoms with Gasteiger partial charge in [-0.05, 0) is 43.2 Å². The lowest BCUT2D eigenvalue weighted by molar-refractivity contribution is -0.163. The summed E-state index contributed by atoms with van der Waals surface area (Å²) in [6.45, 7) is -0.432. The fourth-order valence-corrected chi connectivity index (χ4v) is 5.57. The first-order valence-corrected chi connectivity index (χ1v) is 13.1. The maximum Gasteiger partial charge on any atom is 0.433 e. The van der Waals surface area contributed by atoms with Gasteiger partial charge in [0.05, 0.1) is 23.5 Å². The van der Waals surface area contributed by atoms with Crippen LogP contribution in [-0.2, 0) is 22.3 Å². The predicted octanol–water partition coefficient (Wildman–Crippen LogP) is 6.05. The number of nitrogens with zero attached hydrogens (tertiary/aromatic N) is 4. The monoisotopic (exact) mass is 607 g/mol. The Morgan fingerprint density at radius 2 is 1.83 bits per heavy atom. The number of amides is 2. The average molecular weight is 608 g/mol. The van der Waals surface area contributed by atoms with E-state index < -0.39 is 58.7 Å². The second-order valence-corrected chi connectivity index (χ2v) is 10.4. The Bertz CT molecular complexity index is 1610. The summed E-state index contributed by atoms with van der Waals surface area (Å²) < 4.78 is 68.4. The van der Waals surface area contributed by atoms with Crippen LogP contribution in [0.3, 0.4) is 0 Å². The lowest BCUT2D eigenvalue weighted by Gasteiger charge is -2.48. The van der Waals surface area contributed by atoms with Crippen LogP contribution >= 0.6 is 11.6 Å². The molecule has 8 nitrogen and oxygen atoms in total. The highest BCUT2D eigenvalue weighted by Gasteiger charge is 2.53. The first-order chi connectivity index (χ1) is 19.8. The number of nitrogens with one attached hydrogen (secondary N) is 1. The maximum absolute atomic E-state index is 14.6. The molecule has 2 amide bonds. The molecule has 1 aliphatic heterocycles. The highest BCUT2D eigenvalue weighted by atomic mass is 35.5. The summed E-state index contributed by atoms with van der Waals surface area (Å²) in [5, 5.41) is 16.5. The van der Waals surface area contributed by atoms with E-state index in [9.17, 15) is 36.6 Å². The van der Waals surface area contributed by atoms with Gasteiger partial charge in [-0.3, -0.25) is 14.6 Å². The molecule has 2 aromatic carbocycles. The zero-order valence-corrected chi connectivity index (χ0v) is 22.7. The molecular formula is C28H23ClF5N5O3. The van der Waals surface area contributed by atoms with Crippen LogP contribution in [0, 0.1) is 11.6 Å². The van der Waals surface area contributed by atoms with E-state index >= 15 is 0 Å². The number of aromatic nitrogens is 2. The average Bonchev–Trinajstić information content (AvgIpc) is 3.44. The number of anilines is 1. The molecule has 0 atom stereocenters. The zero-order valence-electron chi connectivity index (χ0n) is 22.0. The first-order valence-electron chi connectivity index (χ1n) is 12.8. The minimum absolute atomic E-state index is 0.00140. The van der Waals surface area contributed by atoms with E-state index in [4.69, 9.17) is 11.6 Å². The van der Waals surface area contributed by atoms with Gasteiger partial charge in [0.2, 0.25) is 0 Å². The highest BCUT2D eigenvalue weighted by molar-refractivity contribution is 6.31. The molecule has 220 valence electrons. The number of hydrogen-bond acceptors (Lipinski definition) is 6. The van der Waals surface area contributed by atoms with Crippen LogP contribution in [0.4, 0.5) is 27.6 Å². The summed E-state index contributed by atoms with van der Waals surface area (Å²) >= 11 is 6.09. The summed E-state index contributed by atoms with van der Waals surface area (Å²) in [4.78, 5) is 34.5. The van der Waals surface area contributed by atoms with Crippen molar-refractivity contribution in [2.75, 3.05) is 12.4 Å². The molecule has 14 heteroatoms. The van der Waals surface area contributed by atoms with E-state index in [0.717, 1.165) is 11.1 Å². The van der Waals surface area contributed by atoms with Gasteiger partial charge in [0.1, 0.15) is 23.4 Å². The van der Waals surface area contributed by atoms with E-state index in [1.807, 2.05) is 0 Å². The third kappa shape index (κ3) is 5.18. The standard InChI is InChI=1S/C28H23ClF5N5O3/c1-38-27(9-2-3-10-27)24(40)22(26(42)39(38)13-15-5-4-6-18(30)23(15)31)25(41)37-19-8-7-16(29)11-17(19)20-12-21(28(32,33)34)36-14-35-20/h4-8,11-12,14,40H,2-3,9-10,13H2,1H3,(H,37,41). The number of carbonyl (C=O) groups excluding carboxylic acids is 2. The van der Waals surface area contributed by atoms with Crippen molar-refractivity contribution in [3.8, 4) is 11.3 Å². The third-order valence-corrected chi connectivity index (χ3v) is 7.82. The van der Waals surface area contributed by atoms with Crippen LogP contribution in [0.5, 0.6) is 0 Å². The first kappa shape index (κ1) is 29.4. The number of aliphatic hydroxyl groups excluding tert-OH is 1. The summed E-state index contributed by atoms with van der Waals surface area (Å²) in [6.07, 6.45) is -1.99. The van der Waals surface area contributed by atoms with Gasteiger partial charge in [-0.25, -0.2) is 23.8 Å². The molecule has 1 saturated carbocycles. The Labute approximate surface area is 241 Å². The number of rotatable bonds is 5. The normalized spacial score (nSPS) is 17.3. The molecule has 1 aliphatic carbocycles. The van der Waals surface area contributed by atoms with Crippen LogP contribution in [0.15, 0.2) is 60.1 Å². The van der Waals surface area contributed by atoms with Gasteiger partial charge in [0, 0.05) is 23.2 Å². The molecule has 2 aliphatic rings. The van der Waals surface area contributed by atoms with E-state index in [2.05, 4.69) is 15.3 Å². The Balaban J connectivity index is 1.55. The molecule has 5 rings (SSSR count). The summed E-state index contributed by atoms with van der Waals surface area (Å²) in [5.74, 6) is -4.79. The van der Waals surface area contributed by atoms with Gasteiger partial charge in [0.25, 0.3) is 11.8 Å². The van der Waals surface area contributed by atoms with E-state index in [1.165, 1.54) is 42.4 Å². The molecule has 2 heterocycles. The molecule has 1 fully saturated rings. The summed E-state index contributed by atoms with van der Waals surface area (Å²) in [6, 6.07) is 8.16. The molecule has 42 heavy (non-hydrogen) atoms. The smallest absolute Gasteiger partial charge is 0.433 e. The van der Waals surface area contributed by atoms with E-state index in [-0.39, 0.29) is 27.5 Å². The predicted molar refractivity (Wildman–Crippen MR) is 142 cm³/mol. The van der Waals surface area contributed by atoms with Crippen molar-refractivity contribution in [2.24, 2.45) is 0 Å². The lowest BCUT2D eigenvalue weighted by atomic mass is 9.88. The fraction of sp³-hybridized carbons (Fsp3) is 0.286. The Morgan fingerprint density at radius 3 is 2.52 bits per heavy atom. The molecule has 0 unspecified atom stereocenters. The van der Waals surface area contributed by atoms with Gasteiger partial charge >= 0.3 is 6.18 Å². The summed E-state index contributed by atoms with van der Waals surface area (Å²) in [7, 11) is 1.52. The quantitative estimate of drug-likeness (QED) is 0.271. The largest absolute Gasteiger partial charge is 0.509 e. The number of carbonyl (C=O) groups is 2. The van der Waals surface area contributed by atoms with Gasteiger partial charge in [-0.15, -0.1) is 0 Å². The number of benzene rings is 2. The minimum Gasteiger partial charge on any atom is -0.509 e. The molecule has 1 aromatic heterocycles. The molecule has 0 radical (unpaired) electrons. The number of halogens is 6. The van der Waals surface area contributed by atoms with Crippen molar-refractivity contribution in [1.29, 1.82) is 0 Å². The third-order valence-electron chi connectivity index (χ3n) is 7.58. The number of likely N-dealkylation sites (N-methyl/N-ethyl adjacent to an activating group) is 1. The number of hydrogen-bond donors (Lipinski definition) is 2. The van der Waals surface area contributed by atoms with E-state index in [1.54, 1.807) is 0 Å².